The SMILES string of the molecule is CCOC1CCN(c2cc(C)nc(N)n2)CC1. The predicted molar refractivity (Wildman–Crippen MR) is 68.0 cm³/mol. The van der Waals surface area contributed by atoms with Gasteiger partial charge in [-0.15, -0.1) is 0 Å². The quantitative estimate of drug-likeness (QED) is 0.858. The highest BCUT2D eigenvalue weighted by Gasteiger charge is 2.20. The zero-order valence-corrected chi connectivity index (χ0v) is 10.5. The molecule has 1 fully saturated rings. The summed E-state index contributed by atoms with van der Waals surface area (Å²) < 4.78 is 5.63. The summed E-state index contributed by atoms with van der Waals surface area (Å²) in [5.74, 6) is 1.29. The number of piperidine rings is 1. The second-order valence-electron chi connectivity index (χ2n) is 4.37. The van der Waals surface area contributed by atoms with Crippen molar-refractivity contribution in [3.05, 3.63) is 11.8 Å². The van der Waals surface area contributed by atoms with Crippen LogP contribution in [0.2, 0.25) is 0 Å². The van der Waals surface area contributed by atoms with Gasteiger partial charge in [0.15, 0.2) is 0 Å². The highest BCUT2D eigenvalue weighted by molar-refractivity contribution is 5.43. The van der Waals surface area contributed by atoms with E-state index >= 15 is 0 Å². The van der Waals surface area contributed by atoms with Crippen LogP contribution in [0.15, 0.2) is 6.07 Å². The predicted octanol–water partition coefficient (Wildman–Crippen LogP) is 1.37. The zero-order valence-electron chi connectivity index (χ0n) is 10.5. The van der Waals surface area contributed by atoms with Crippen LogP contribution in [0.25, 0.3) is 0 Å². The van der Waals surface area contributed by atoms with Gasteiger partial charge in [-0.1, -0.05) is 0 Å². The Hall–Kier alpha value is -1.36. The molecule has 1 aliphatic heterocycles. The molecule has 0 bridgehead atoms. The molecule has 0 radical (unpaired) electrons. The van der Waals surface area contributed by atoms with E-state index in [1.54, 1.807) is 0 Å². The number of nitrogen functional groups attached to an aromatic ring is 1. The Kier molecular flexibility index (Phi) is 3.78. The van der Waals surface area contributed by atoms with Crippen molar-refractivity contribution < 1.29 is 4.74 Å². The third-order valence-corrected chi connectivity index (χ3v) is 3.03. The van der Waals surface area contributed by atoms with Crippen molar-refractivity contribution in [2.45, 2.75) is 32.8 Å². The largest absolute Gasteiger partial charge is 0.378 e. The maximum Gasteiger partial charge on any atom is 0.222 e. The average molecular weight is 236 g/mol. The lowest BCUT2D eigenvalue weighted by Crippen LogP contribution is -2.37. The highest BCUT2D eigenvalue weighted by atomic mass is 16.5. The van der Waals surface area contributed by atoms with Gasteiger partial charge in [-0.05, 0) is 26.7 Å². The van der Waals surface area contributed by atoms with Gasteiger partial charge in [-0.2, -0.15) is 4.98 Å². The molecule has 1 aromatic rings. The first-order valence-electron chi connectivity index (χ1n) is 6.16. The number of aromatic nitrogens is 2. The summed E-state index contributed by atoms with van der Waals surface area (Å²) in [6.45, 7) is 6.72. The molecule has 5 heteroatoms. The summed E-state index contributed by atoms with van der Waals surface area (Å²) in [4.78, 5) is 10.6. The Labute approximate surface area is 102 Å². The third-order valence-electron chi connectivity index (χ3n) is 3.03. The van der Waals surface area contributed by atoms with Crippen LogP contribution < -0.4 is 10.6 Å². The fourth-order valence-electron chi connectivity index (χ4n) is 2.22. The van der Waals surface area contributed by atoms with Gasteiger partial charge in [0.05, 0.1) is 6.10 Å². The number of anilines is 2. The maximum absolute atomic E-state index is 5.67. The lowest BCUT2D eigenvalue weighted by atomic mass is 10.1. The minimum atomic E-state index is 0.354. The smallest absolute Gasteiger partial charge is 0.222 e. The maximum atomic E-state index is 5.67. The number of hydrogen-bond acceptors (Lipinski definition) is 5. The van der Waals surface area contributed by atoms with Crippen LogP contribution in [0.5, 0.6) is 0 Å². The van der Waals surface area contributed by atoms with E-state index in [9.17, 15) is 0 Å². The number of ether oxygens (including phenoxy) is 1. The van der Waals surface area contributed by atoms with Gasteiger partial charge in [0, 0.05) is 31.5 Å². The molecule has 1 aromatic heterocycles. The normalized spacial score (nSPS) is 17.4. The molecule has 17 heavy (non-hydrogen) atoms. The summed E-state index contributed by atoms with van der Waals surface area (Å²) in [5, 5.41) is 0. The summed E-state index contributed by atoms with van der Waals surface area (Å²) in [7, 11) is 0. The van der Waals surface area contributed by atoms with Crippen molar-refractivity contribution in [1.82, 2.24) is 9.97 Å². The van der Waals surface area contributed by atoms with Gasteiger partial charge in [-0.25, -0.2) is 4.98 Å². The second kappa shape index (κ2) is 5.31. The van der Waals surface area contributed by atoms with Crippen molar-refractivity contribution in [2.24, 2.45) is 0 Å². The molecule has 1 saturated heterocycles. The number of nitrogens with zero attached hydrogens (tertiary/aromatic N) is 3. The van der Waals surface area contributed by atoms with Crippen molar-refractivity contribution in [3.8, 4) is 0 Å². The van der Waals surface area contributed by atoms with Crippen molar-refractivity contribution in [3.63, 3.8) is 0 Å². The van der Waals surface area contributed by atoms with Gasteiger partial charge < -0.3 is 15.4 Å². The van der Waals surface area contributed by atoms with Crippen molar-refractivity contribution in [1.29, 1.82) is 0 Å². The molecule has 0 aromatic carbocycles. The lowest BCUT2D eigenvalue weighted by molar-refractivity contribution is 0.0458. The van der Waals surface area contributed by atoms with Crippen LogP contribution in [-0.2, 0) is 4.74 Å². The molecular weight excluding hydrogens is 216 g/mol. The molecule has 0 aliphatic carbocycles. The van der Waals surface area contributed by atoms with Gasteiger partial charge >= 0.3 is 0 Å². The molecule has 0 amide bonds. The Morgan fingerprint density at radius 1 is 1.41 bits per heavy atom. The third kappa shape index (κ3) is 3.06. The molecule has 0 unspecified atom stereocenters. The minimum Gasteiger partial charge on any atom is -0.378 e. The molecule has 0 spiro atoms. The van der Waals surface area contributed by atoms with Crippen LogP contribution in [-0.4, -0.2) is 35.8 Å². The van der Waals surface area contributed by atoms with Gasteiger partial charge in [0.2, 0.25) is 5.95 Å². The first-order chi connectivity index (χ1) is 8.19. The summed E-state index contributed by atoms with van der Waals surface area (Å²) in [6, 6.07) is 1.98. The fourth-order valence-corrected chi connectivity index (χ4v) is 2.22. The van der Waals surface area contributed by atoms with E-state index in [-0.39, 0.29) is 0 Å². The van der Waals surface area contributed by atoms with E-state index in [0.29, 0.717) is 12.1 Å². The molecule has 0 saturated carbocycles. The van der Waals surface area contributed by atoms with Gasteiger partial charge in [0.25, 0.3) is 0 Å². The van der Waals surface area contributed by atoms with Crippen LogP contribution in [0.3, 0.4) is 0 Å². The van der Waals surface area contributed by atoms with E-state index in [0.717, 1.165) is 44.0 Å². The molecule has 2 rings (SSSR count). The summed E-state index contributed by atoms with van der Waals surface area (Å²) >= 11 is 0. The van der Waals surface area contributed by atoms with Crippen LogP contribution >= 0.6 is 0 Å². The van der Waals surface area contributed by atoms with E-state index in [1.165, 1.54) is 0 Å². The molecular formula is C12H20N4O. The molecule has 94 valence electrons. The molecule has 2 N–H and O–H groups in total. The standard InChI is InChI=1S/C12H20N4O/c1-3-17-10-4-6-16(7-5-10)11-8-9(2)14-12(13)15-11/h8,10H,3-7H2,1-2H3,(H2,13,14,15). The van der Waals surface area contributed by atoms with Crippen LogP contribution in [0.4, 0.5) is 11.8 Å². The summed E-state index contributed by atoms with van der Waals surface area (Å²) in [6.07, 6.45) is 2.50. The lowest BCUT2D eigenvalue weighted by Gasteiger charge is -2.32. The average Bonchev–Trinajstić information content (AvgIpc) is 2.29. The van der Waals surface area contributed by atoms with Gasteiger partial charge in [0.1, 0.15) is 5.82 Å². The van der Waals surface area contributed by atoms with E-state index in [4.69, 9.17) is 10.5 Å². The van der Waals surface area contributed by atoms with Crippen molar-refractivity contribution in [2.75, 3.05) is 30.3 Å². The Balaban J connectivity index is 2.00. The molecule has 1 aliphatic rings. The van der Waals surface area contributed by atoms with Crippen LogP contribution in [0, 0.1) is 6.92 Å². The zero-order chi connectivity index (χ0) is 12.3. The topological polar surface area (TPSA) is 64.3 Å². The molecule has 2 heterocycles. The number of nitrogens with two attached hydrogens (primary N) is 1. The second-order valence-corrected chi connectivity index (χ2v) is 4.37. The molecule has 5 nitrogen and oxygen atoms in total. The van der Waals surface area contributed by atoms with E-state index in [2.05, 4.69) is 14.9 Å². The Morgan fingerprint density at radius 2 is 2.12 bits per heavy atom. The Morgan fingerprint density at radius 3 is 2.71 bits per heavy atom. The first-order valence-corrected chi connectivity index (χ1v) is 6.16. The van der Waals surface area contributed by atoms with Crippen molar-refractivity contribution >= 4 is 11.8 Å². The van der Waals surface area contributed by atoms with Gasteiger partial charge in [-0.3, -0.25) is 0 Å². The monoisotopic (exact) mass is 236 g/mol. The number of aryl methyl sites for hydroxylation is 1. The minimum absolute atomic E-state index is 0.354. The highest BCUT2D eigenvalue weighted by Crippen LogP contribution is 2.20. The summed E-state index contributed by atoms with van der Waals surface area (Å²) in [5.41, 5.74) is 6.58. The Bertz CT molecular complexity index is 355. The number of hydrogen-bond donors (Lipinski definition) is 1. The van der Waals surface area contributed by atoms with E-state index in [1.807, 2.05) is 19.9 Å². The van der Waals surface area contributed by atoms with Crippen LogP contribution in [0.1, 0.15) is 25.5 Å². The molecule has 0 atom stereocenters. The number of rotatable bonds is 3. The fraction of sp³-hybridized carbons (Fsp3) is 0.667. The van der Waals surface area contributed by atoms with E-state index < -0.39 is 0 Å². The first kappa shape index (κ1) is 12.1.